The Kier molecular flexibility index (Phi) is 6.86. The number of hydrogen-bond donors (Lipinski definition) is 1. The van der Waals surface area contributed by atoms with E-state index in [2.05, 4.69) is 36.1 Å². The second kappa shape index (κ2) is 8.23. The molecule has 1 N–H and O–H groups in total. The molecule has 0 atom stereocenters. The van der Waals surface area contributed by atoms with Crippen LogP contribution in [0.1, 0.15) is 18.1 Å². The van der Waals surface area contributed by atoms with Crippen molar-refractivity contribution in [2.24, 2.45) is 0 Å². The molecule has 0 saturated heterocycles. The second-order valence-corrected chi connectivity index (χ2v) is 4.16. The van der Waals surface area contributed by atoms with Crippen LogP contribution in [0.5, 0.6) is 0 Å². The number of aryl methyl sites for hydroxylation is 1. The number of nitrogens with zero attached hydrogens (tertiary/aromatic N) is 1. The molecular weight excluding hydrogens is 214 g/mol. The van der Waals surface area contributed by atoms with Crippen LogP contribution in [-0.2, 0) is 17.7 Å². The lowest BCUT2D eigenvalue weighted by Crippen LogP contribution is -2.29. The molecule has 0 saturated carbocycles. The molecule has 0 unspecified atom stereocenters. The summed E-state index contributed by atoms with van der Waals surface area (Å²) in [5.41, 5.74) is 2.64. The quantitative estimate of drug-likeness (QED) is 0.747. The molecule has 1 rings (SSSR count). The van der Waals surface area contributed by atoms with Gasteiger partial charge in [-0.15, -0.1) is 0 Å². The van der Waals surface area contributed by atoms with Crippen molar-refractivity contribution < 1.29 is 9.84 Å². The molecule has 0 aliphatic heterocycles. The van der Waals surface area contributed by atoms with E-state index in [4.69, 9.17) is 9.84 Å². The molecule has 0 bridgehead atoms. The Labute approximate surface area is 104 Å². The number of ether oxygens (including phenoxy) is 1. The summed E-state index contributed by atoms with van der Waals surface area (Å²) in [6, 6.07) is 8.66. The van der Waals surface area contributed by atoms with Gasteiger partial charge in [-0.05, 0) is 17.5 Å². The van der Waals surface area contributed by atoms with E-state index >= 15 is 0 Å². The molecule has 1 aromatic rings. The topological polar surface area (TPSA) is 32.7 Å². The Balaban J connectivity index is 2.51. The SMILES string of the molecule is CCc1ccc(CN(CCO)CCOC)cc1. The van der Waals surface area contributed by atoms with E-state index in [1.165, 1.54) is 11.1 Å². The van der Waals surface area contributed by atoms with Crippen LogP contribution >= 0.6 is 0 Å². The van der Waals surface area contributed by atoms with E-state index in [1.807, 2.05) is 0 Å². The van der Waals surface area contributed by atoms with E-state index in [0.29, 0.717) is 13.2 Å². The predicted octanol–water partition coefficient (Wildman–Crippen LogP) is 1.69. The van der Waals surface area contributed by atoms with E-state index in [9.17, 15) is 0 Å². The Hall–Kier alpha value is -0.900. The van der Waals surface area contributed by atoms with Gasteiger partial charge in [0.25, 0.3) is 0 Å². The fourth-order valence-corrected chi connectivity index (χ4v) is 1.77. The minimum Gasteiger partial charge on any atom is -0.395 e. The van der Waals surface area contributed by atoms with Crippen LogP contribution in [0, 0.1) is 0 Å². The summed E-state index contributed by atoms with van der Waals surface area (Å²) < 4.78 is 5.07. The highest BCUT2D eigenvalue weighted by molar-refractivity contribution is 5.22. The zero-order valence-corrected chi connectivity index (χ0v) is 10.9. The number of rotatable bonds is 8. The third-order valence-corrected chi connectivity index (χ3v) is 2.87. The lowest BCUT2D eigenvalue weighted by Gasteiger charge is -2.21. The molecule has 0 amide bonds. The average Bonchev–Trinajstić information content (AvgIpc) is 2.37. The minimum atomic E-state index is 0.191. The van der Waals surface area contributed by atoms with Crippen LogP contribution in [0.15, 0.2) is 24.3 Å². The van der Waals surface area contributed by atoms with E-state index < -0.39 is 0 Å². The first-order valence-electron chi connectivity index (χ1n) is 6.20. The second-order valence-electron chi connectivity index (χ2n) is 4.16. The van der Waals surface area contributed by atoms with E-state index in [-0.39, 0.29) is 6.61 Å². The normalized spacial score (nSPS) is 11.1. The standard InChI is InChI=1S/C14H23NO2/c1-3-13-4-6-14(7-5-13)12-15(8-10-16)9-11-17-2/h4-7,16H,3,8-12H2,1-2H3. The maximum atomic E-state index is 9.01. The lowest BCUT2D eigenvalue weighted by atomic mass is 10.1. The molecule has 1 aromatic carbocycles. The van der Waals surface area contributed by atoms with Crippen LogP contribution in [0.4, 0.5) is 0 Å². The fraction of sp³-hybridized carbons (Fsp3) is 0.571. The van der Waals surface area contributed by atoms with Crippen molar-refractivity contribution in [2.75, 3.05) is 33.4 Å². The molecule has 3 heteroatoms. The zero-order chi connectivity index (χ0) is 12.5. The molecule has 0 heterocycles. The van der Waals surface area contributed by atoms with Crippen molar-refractivity contribution in [3.05, 3.63) is 35.4 Å². The van der Waals surface area contributed by atoms with Crippen molar-refractivity contribution in [3.63, 3.8) is 0 Å². The van der Waals surface area contributed by atoms with Gasteiger partial charge in [0, 0.05) is 26.7 Å². The van der Waals surface area contributed by atoms with Crippen molar-refractivity contribution in [1.82, 2.24) is 4.90 Å². The van der Waals surface area contributed by atoms with Crippen LogP contribution in [-0.4, -0.2) is 43.4 Å². The summed E-state index contributed by atoms with van der Waals surface area (Å²) >= 11 is 0. The molecule has 3 nitrogen and oxygen atoms in total. The van der Waals surface area contributed by atoms with Gasteiger partial charge in [-0.25, -0.2) is 0 Å². The molecule has 0 spiro atoms. The molecule has 0 aliphatic rings. The highest BCUT2D eigenvalue weighted by Gasteiger charge is 2.05. The molecule has 0 aliphatic carbocycles. The van der Waals surface area contributed by atoms with Gasteiger partial charge in [-0.3, -0.25) is 4.90 Å². The number of aliphatic hydroxyl groups excluding tert-OH is 1. The van der Waals surface area contributed by atoms with Gasteiger partial charge in [0.2, 0.25) is 0 Å². The van der Waals surface area contributed by atoms with Crippen LogP contribution in [0.25, 0.3) is 0 Å². The third kappa shape index (κ3) is 5.31. The molecule has 0 radical (unpaired) electrons. The van der Waals surface area contributed by atoms with Gasteiger partial charge in [0.15, 0.2) is 0 Å². The Morgan fingerprint density at radius 2 is 1.76 bits per heavy atom. The summed E-state index contributed by atoms with van der Waals surface area (Å²) in [6.45, 7) is 5.47. The number of aliphatic hydroxyl groups is 1. The monoisotopic (exact) mass is 237 g/mol. The summed E-state index contributed by atoms with van der Waals surface area (Å²) in [7, 11) is 1.70. The third-order valence-electron chi connectivity index (χ3n) is 2.87. The molecule has 96 valence electrons. The predicted molar refractivity (Wildman–Crippen MR) is 70.1 cm³/mol. The maximum absolute atomic E-state index is 9.01. The number of benzene rings is 1. The highest BCUT2D eigenvalue weighted by Crippen LogP contribution is 2.08. The molecular formula is C14H23NO2. The van der Waals surface area contributed by atoms with E-state index in [1.54, 1.807) is 7.11 Å². The largest absolute Gasteiger partial charge is 0.395 e. The van der Waals surface area contributed by atoms with Gasteiger partial charge >= 0.3 is 0 Å². The first kappa shape index (κ1) is 14.2. The average molecular weight is 237 g/mol. The van der Waals surface area contributed by atoms with Gasteiger partial charge in [-0.1, -0.05) is 31.2 Å². The zero-order valence-electron chi connectivity index (χ0n) is 10.9. The van der Waals surface area contributed by atoms with Gasteiger partial charge in [-0.2, -0.15) is 0 Å². The van der Waals surface area contributed by atoms with Gasteiger partial charge in [0.1, 0.15) is 0 Å². The van der Waals surface area contributed by atoms with E-state index in [0.717, 1.165) is 19.5 Å². The van der Waals surface area contributed by atoms with Crippen molar-refractivity contribution in [1.29, 1.82) is 0 Å². The summed E-state index contributed by atoms with van der Waals surface area (Å²) in [5.74, 6) is 0. The van der Waals surface area contributed by atoms with Crippen molar-refractivity contribution in [3.8, 4) is 0 Å². The first-order valence-corrected chi connectivity index (χ1v) is 6.20. The van der Waals surface area contributed by atoms with Crippen LogP contribution in [0.2, 0.25) is 0 Å². The summed E-state index contributed by atoms with van der Waals surface area (Å²) in [4.78, 5) is 2.20. The van der Waals surface area contributed by atoms with Crippen LogP contribution < -0.4 is 0 Å². The minimum absolute atomic E-state index is 0.191. The maximum Gasteiger partial charge on any atom is 0.0589 e. The van der Waals surface area contributed by atoms with Crippen molar-refractivity contribution in [2.45, 2.75) is 19.9 Å². The fourth-order valence-electron chi connectivity index (χ4n) is 1.77. The Bertz CT molecular complexity index is 298. The smallest absolute Gasteiger partial charge is 0.0589 e. The van der Waals surface area contributed by atoms with Crippen LogP contribution in [0.3, 0.4) is 0 Å². The van der Waals surface area contributed by atoms with Gasteiger partial charge < -0.3 is 9.84 Å². The highest BCUT2D eigenvalue weighted by atomic mass is 16.5. The van der Waals surface area contributed by atoms with Gasteiger partial charge in [0.05, 0.1) is 13.2 Å². The lowest BCUT2D eigenvalue weighted by molar-refractivity contribution is 0.127. The number of hydrogen-bond acceptors (Lipinski definition) is 3. The molecule has 0 fully saturated rings. The molecule has 0 aromatic heterocycles. The Morgan fingerprint density at radius 3 is 2.29 bits per heavy atom. The summed E-state index contributed by atoms with van der Waals surface area (Å²) in [5, 5.41) is 9.01. The number of methoxy groups -OCH3 is 1. The summed E-state index contributed by atoms with van der Waals surface area (Å²) in [6.07, 6.45) is 1.07. The Morgan fingerprint density at radius 1 is 1.12 bits per heavy atom. The van der Waals surface area contributed by atoms with Crippen molar-refractivity contribution >= 4 is 0 Å². The first-order chi connectivity index (χ1) is 8.30. The molecule has 17 heavy (non-hydrogen) atoms.